The number of rotatable bonds is 0. The molecule has 0 aromatic rings. The van der Waals surface area contributed by atoms with E-state index in [2.05, 4.69) is 0 Å². The summed E-state index contributed by atoms with van der Waals surface area (Å²) in [7, 11) is 0. The molecule has 6 heavy (non-hydrogen) atoms. The van der Waals surface area contributed by atoms with Crippen molar-refractivity contribution in [3.8, 4) is 0 Å². The first-order valence-electron chi connectivity index (χ1n) is 0. The molecule has 0 atom stereocenters. The molecular weight excluding hydrogens is 266 g/mol. The minimum Gasteiger partial charge on any atom is -1.00 e. The minimum absolute atomic E-state index is 0. The molecule has 0 aromatic heterocycles. The molecule has 0 nitrogen and oxygen atoms in total. The van der Waals surface area contributed by atoms with E-state index in [1.165, 1.54) is 0 Å². The number of hydrogen-bond acceptors (Lipinski definition) is 0. The van der Waals surface area contributed by atoms with Crippen LogP contribution in [0.3, 0.4) is 0 Å². The maximum Gasteiger partial charge on any atom is 3.00 e. The van der Waals surface area contributed by atoms with Crippen molar-refractivity contribution < 1.29 is 85.7 Å². The van der Waals surface area contributed by atoms with Crippen LogP contribution in [0.1, 0.15) is 0 Å². The monoisotopic (exact) mass is 265 g/mol. The van der Waals surface area contributed by atoms with Gasteiger partial charge in [0.15, 0.2) is 0 Å². The Balaban J connectivity index is 0. The van der Waals surface area contributed by atoms with Gasteiger partial charge in [0.05, 0.1) is 0 Å². The van der Waals surface area contributed by atoms with E-state index < -0.39 is 0 Å². The van der Waals surface area contributed by atoms with Crippen molar-refractivity contribution in [3.63, 3.8) is 0 Å². The molecule has 0 rings (SSSR count). The van der Waals surface area contributed by atoms with Crippen LogP contribution in [0, 0.1) is 37.3 Å². The van der Waals surface area contributed by atoms with E-state index in [0.717, 1.165) is 0 Å². The Hall–Kier alpha value is 1.97. The number of hydrogen-bond donors (Lipinski definition) is 0. The van der Waals surface area contributed by atoms with Gasteiger partial charge in [0.2, 0.25) is 0 Å². The molecular formula is ErF4Na. The van der Waals surface area contributed by atoms with E-state index in [1.807, 2.05) is 0 Å². The normalized spacial score (nSPS) is 0. The first-order valence-corrected chi connectivity index (χ1v) is 0. The van der Waals surface area contributed by atoms with Crippen molar-refractivity contribution in [2.24, 2.45) is 0 Å². The van der Waals surface area contributed by atoms with Gasteiger partial charge in [0, 0.05) is 0 Å². The van der Waals surface area contributed by atoms with Crippen molar-refractivity contribution in [2.45, 2.75) is 0 Å². The Morgan fingerprint density at radius 2 is 0.500 bits per heavy atom. The quantitative estimate of drug-likeness (QED) is 0.302. The van der Waals surface area contributed by atoms with Crippen molar-refractivity contribution >= 4 is 0 Å². The van der Waals surface area contributed by atoms with Gasteiger partial charge < -0.3 is 18.8 Å². The molecule has 0 aliphatic heterocycles. The molecule has 0 fully saturated rings. The smallest absolute Gasteiger partial charge is 1.00 e. The summed E-state index contributed by atoms with van der Waals surface area (Å²) in [6, 6.07) is 0. The molecule has 6 heteroatoms. The van der Waals surface area contributed by atoms with Crippen LogP contribution in [-0.4, -0.2) is 0 Å². The van der Waals surface area contributed by atoms with Crippen LogP contribution < -0.4 is 48.4 Å². The zero-order valence-electron chi connectivity index (χ0n) is 2.80. The van der Waals surface area contributed by atoms with E-state index in [-0.39, 0.29) is 85.7 Å². The number of halogens is 4. The van der Waals surface area contributed by atoms with Gasteiger partial charge in [-0.25, -0.2) is 0 Å². The van der Waals surface area contributed by atoms with Crippen LogP contribution in [-0.2, 0) is 0 Å². The van der Waals surface area contributed by atoms with Crippen molar-refractivity contribution in [3.05, 3.63) is 0 Å². The fourth-order valence-corrected chi connectivity index (χ4v) is 0. The Labute approximate surface area is 84.4 Å². The summed E-state index contributed by atoms with van der Waals surface area (Å²) in [6.07, 6.45) is 0. The van der Waals surface area contributed by atoms with Crippen LogP contribution in [0.15, 0.2) is 0 Å². The first-order chi connectivity index (χ1) is 0. The fraction of sp³-hybridized carbons (Fsp3) is 0. The van der Waals surface area contributed by atoms with Crippen molar-refractivity contribution in [2.75, 3.05) is 0 Å². The van der Waals surface area contributed by atoms with E-state index in [0.29, 0.717) is 0 Å². The van der Waals surface area contributed by atoms with Gasteiger partial charge in [-0.05, 0) is 0 Å². The first kappa shape index (κ1) is 100.0. The molecule has 0 aliphatic carbocycles. The largest absolute Gasteiger partial charge is 3.00 e. The third-order valence-electron chi connectivity index (χ3n) is 0. The van der Waals surface area contributed by atoms with E-state index in [1.54, 1.807) is 0 Å². The van der Waals surface area contributed by atoms with E-state index >= 15 is 0 Å². The molecule has 0 saturated heterocycles. The SMILES string of the molecule is [Er+3].[F-].[F-].[F-].[F-].[Na+]. The summed E-state index contributed by atoms with van der Waals surface area (Å²) in [5.74, 6) is 0. The zero-order valence-corrected chi connectivity index (χ0v) is 6.65. The Bertz CT molecular complexity index is 7.51. The Morgan fingerprint density at radius 1 is 0.500 bits per heavy atom. The molecule has 0 amide bonds. The second kappa shape index (κ2) is 64.1. The average molecular weight is 266 g/mol. The van der Waals surface area contributed by atoms with Gasteiger partial charge in [-0.1, -0.05) is 0 Å². The van der Waals surface area contributed by atoms with Crippen LogP contribution in [0.2, 0.25) is 0 Å². The summed E-state index contributed by atoms with van der Waals surface area (Å²) in [5.41, 5.74) is 0. The van der Waals surface area contributed by atoms with Gasteiger partial charge >= 0.3 is 66.9 Å². The molecule has 0 bridgehead atoms. The predicted molar refractivity (Wildman–Crippen MR) is 0 cm³/mol. The van der Waals surface area contributed by atoms with Crippen LogP contribution in [0.25, 0.3) is 0 Å². The molecule has 0 N–H and O–H groups in total. The molecule has 0 heterocycles. The second-order valence-electron chi connectivity index (χ2n) is 0. The molecule has 0 saturated carbocycles. The Morgan fingerprint density at radius 3 is 0.500 bits per heavy atom. The standard InChI is InChI=1S/Er.4FH.Na/h;4*1H;/q+3;;;;;+1/p-4. The summed E-state index contributed by atoms with van der Waals surface area (Å²) in [4.78, 5) is 0. The summed E-state index contributed by atoms with van der Waals surface area (Å²) >= 11 is 0. The molecule has 1 radical (unpaired) electrons. The maximum absolute atomic E-state index is 0. The summed E-state index contributed by atoms with van der Waals surface area (Å²) in [5, 5.41) is 0. The molecule has 41 valence electrons. The maximum atomic E-state index is 0. The predicted octanol–water partition coefficient (Wildman–Crippen LogP) is -15.0. The van der Waals surface area contributed by atoms with Crippen molar-refractivity contribution in [1.29, 1.82) is 0 Å². The van der Waals surface area contributed by atoms with Gasteiger partial charge in [-0.15, -0.1) is 0 Å². The fourth-order valence-electron chi connectivity index (χ4n) is 0. The zero-order chi connectivity index (χ0) is 0. The molecule has 0 spiro atoms. The third kappa shape index (κ3) is 38.1. The molecule has 0 aromatic carbocycles. The third-order valence-corrected chi connectivity index (χ3v) is 0. The van der Waals surface area contributed by atoms with Crippen LogP contribution in [0.5, 0.6) is 0 Å². The van der Waals surface area contributed by atoms with E-state index in [4.69, 9.17) is 0 Å². The van der Waals surface area contributed by atoms with Crippen LogP contribution >= 0.6 is 0 Å². The average Bonchev–Trinajstić information content (AvgIpc) is 0. The van der Waals surface area contributed by atoms with E-state index in [9.17, 15) is 0 Å². The molecule has 0 aliphatic rings. The van der Waals surface area contributed by atoms with Gasteiger partial charge in [-0.2, -0.15) is 0 Å². The summed E-state index contributed by atoms with van der Waals surface area (Å²) in [6.45, 7) is 0. The topological polar surface area (TPSA) is 0 Å². The van der Waals surface area contributed by atoms with Gasteiger partial charge in [0.1, 0.15) is 0 Å². The van der Waals surface area contributed by atoms with Gasteiger partial charge in [-0.3, -0.25) is 0 Å². The van der Waals surface area contributed by atoms with Crippen molar-refractivity contribution in [1.82, 2.24) is 0 Å². The van der Waals surface area contributed by atoms with Crippen LogP contribution in [0.4, 0.5) is 0 Å². The summed E-state index contributed by atoms with van der Waals surface area (Å²) < 4.78 is 0. The molecule has 0 unspecified atom stereocenters. The Kier molecular flexibility index (Phi) is 1070. The second-order valence-corrected chi connectivity index (χ2v) is 0. The van der Waals surface area contributed by atoms with Gasteiger partial charge in [0.25, 0.3) is 0 Å². The minimum atomic E-state index is 0.